The van der Waals surface area contributed by atoms with E-state index in [4.69, 9.17) is 4.99 Å². The van der Waals surface area contributed by atoms with Crippen LogP contribution in [0.3, 0.4) is 0 Å². The third-order valence-corrected chi connectivity index (χ3v) is 4.84. The van der Waals surface area contributed by atoms with Crippen LogP contribution in [-0.2, 0) is 19.5 Å². The fourth-order valence-corrected chi connectivity index (χ4v) is 3.39. The number of guanidine groups is 1. The zero-order chi connectivity index (χ0) is 18.0. The maximum atomic E-state index is 4.72. The van der Waals surface area contributed by atoms with Crippen LogP contribution in [0, 0.1) is 0 Å². The van der Waals surface area contributed by atoms with E-state index in [0.717, 1.165) is 32.0 Å². The van der Waals surface area contributed by atoms with E-state index in [0.29, 0.717) is 6.54 Å². The molecule has 0 radical (unpaired) electrons. The van der Waals surface area contributed by atoms with E-state index in [1.54, 1.807) is 17.5 Å². The Labute approximate surface area is 158 Å². The van der Waals surface area contributed by atoms with Crippen LogP contribution < -0.4 is 10.6 Å². The van der Waals surface area contributed by atoms with E-state index in [1.807, 2.05) is 16.9 Å². The summed E-state index contributed by atoms with van der Waals surface area (Å²) in [5.41, 5.74) is 2.43. The molecule has 0 aliphatic rings. The quantitative estimate of drug-likeness (QED) is 0.474. The standard InChI is InChI=1S/C20H25N5S/c1-2-21-20(22-11-9-19-8-4-13-26-19)23-15-17-6-3-7-18(14-17)16-25-12-5-10-24-25/h3-8,10,12-14H,2,9,11,15-16H2,1H3,(H2,21,22,23). The van der Waals surface area contributed by atoms with E-state index in [2.05, 4.69) is 64.4 Å². The molecule has 0 unspecified atom stereocenters. The van der Waals surface area contributed by atoms with Crippen molar-refractivity contribution >= 4 is 17.3 Å². The van der Waals surface area contributed by atoms with Crippen LogP contribution in [0.2, 0.25) is 0 Å². The lowest BCUT2D eigenvalue weighted by Crippen LogP contribution is -2.38. The lowest BCUT2D eigenvalue weighted by atomic mass is 10.1. The summed E-state index contributed by atoms with van der Waals surface area (Å²) >= 11 is 1.79. The molecule has 0 fully saturated rings. The summed E-state index contributed by atoms with van der Waals surface area (Å²) in [6, 6.07) is 14.7. The second kappa shape index (κ2) is 9.77. The number of benzene rings is 1. The first-order chi connectivity index (χ1) is 12.8. The first-order valence-electron chi connectivity index (χ1n) is 8.93. The van der Waals surface area contributed by atoms with Gasteiger partial charge in [-0.3, -0.25) is 4.68 Å². The fourth-order valence-electron chi connectivity index (χ4n) is 2.68. The summed E-state index contributed by atoms with van der Waals surface area (Å²) in [6.07, 6.45) is 4.80. The summed E-state index contributed by atoms with van der Waals surface area (Å²) < 4.78 is 1.93. The molecule has 0 atom stereocenters. The van der Waals surface area contributed by atoms with Gasteiger partial charge in [0.15, 0.2) is 5.96 Å². The Hall–Kier alpha value is -2.60. The van der Waals surface area contributed by atoms with Crippen molar-refractivity contribution in [3.8, 4) is 0 Å². The lowest BCUT2D eigenvalue weighted by Gasteiger charge is -2.11. The molecule has 0 saturated carbocycles. The maximum absolute atomic E-state index is 4.72. The highest BCUT2D eigenvalue weighted by Gasteiger charge is 2.01. The van der Waals surface area contributed by atoms with Crippen LogP contribution in [0.5, 0.6) is 0 Å². The van der Waals surface area contributed by atoms with Gasteiger partial charge >= 0.3 is 0 Å². The third kappa shape index (κ3) is 5.74. The van der Waals surface area contributed by atoms with Gasteiger partial charge in [-0.15, -0.1) is 11.3 Å². The normalized spacial score (nSPS) is 11.5. The molecule has 2 heterocycles. The molecule has 2 aromatic heterocycles. The molecular weight excluding hydrogens is 342 g/mol. The van der Waals surface area contributed by atoms with Gasteiger partial charge in [0.1, 0.15) is 0 Å². The van der Waals surface area contributed by atoms with Crippen LogP contribution in [0.15, 0.2) is 65.2 Å². The highest BCUT2D eigenvalue weighted by atomic mass is 32.1. The number of rotatable bonds is 8. The Bertz CT molecular complexity index is 793. The van der Waals surface area contributed by atoms with E-state index < -0.39 is 0 Å². The highest BCUT2D eigenvalue weighted by Crippen LogP contribution is 2.09. The van der Waals surface area contributed by atoms with Crippen molar-refractivity contribution < 1.29 is 0 Å². The average molecular weight is 368 g/mol. The number of hydrogen-bond acceptors (Lipinski definition) is 3. The minimum absolute atomic E-state index is 0.654. The van der Waals surface area contributed by atoms with Gasteiger partial charge in [-0.2, -0.15) is 5.10 Å². The van der Waals surface area contributed by atoms with Crippen molar-refractivity contribution in [1.82, 2.24) is 20.4 Å². The monoisotopic (exact) mass is 367 g/mol. The number of thiophene rings is 1. The van der Waals surface area contributed by atoms with Crippen LogP contribution in [-0.4, -0.2) is 28.8 Å². The van der Waals surface area contributed by atoms with Gasteiger partial charge < -0.3 is 10.6 Å². The largest absolute Gasteiger partial charge is 0.357 e. The number of aliphatic imine (C=N–C) groups is 1. The Morgan fingerprint density at radius 3 is 2.85 bits per heavy atom. The van der Waals surface area contributed by atoms with Gasteiger partial charge in [0.2, 0.25) is 0 Å². The second-order valence-electron chi connectivity index (χ2n) is 5.97. The minimum atomic E-state index is 0.654. The van der Waals surface area contributed by atoms with Crippen molar-refractivity contribution in [2.45, 2.75) is 26.4 Å². The molecule has 0 saturated heterocycles. The van der Waals surface area contributed by atoms with Crippen molar-refractivity contribution in [1.29, 1.82) is 0 Å². The number of hydrogen-bond donors (Lipinski definition) is 2. The summed E-state index contributed by atoms with van der Waals surface area (Å²) in [6.45, 7) is 5.25. The third-order valence-electron chi connectivity index (χ3n) is 3.90. The van der Waals surface area contributed by atoms with Gasteiger partial charge in [0.25, 0.3) is 0 Å². The summed E-state index contributed by atoms with van der Waals surface area (Å²) in [5, 5.41) is 13.1. The first-order valence-corrected chi connectivity index (χ1v) is 9.81. The molecule has 5 nitrogen and oxygen atoms in total. The molecule has 0 spiro atoms. The van der Waals surface area contributed by atoms with E-state index in [1.165, 1.54) is 16.0 Å². The summed E-state index contributed by atoms with van der Waals surface area (Å²) in [5.74, 6) is 0.863. The fraction of sp³-hybridized carbons (Fsp3) is 0.300. The minimum Gasteiger partial charge on any atom is -0.357 e. The SMILES string of the molecule is CCNC(=NCc1cccc(Cn2cccn2)c1)NCCc1cccs1. The topological polar surface area (TPSA) is 54.2 Å². The van der Waals surface area contributed by atoms with Crippen molar-refractivity contribution in [2.24, 2.45) is 4.99 Å². The second-order valence-corrected chi connectivity index (χ2v) is 7.01. The average Bonchev–Trinajstić information content (AvgIpc) is 3.34. The van der Waals surface area contributed by atoms with Crippen LogP contribution in [0.1, 0.15) is 22.9 Å². The Morgan fingerprint density at radius 2 is 2.08 bits per heavy atom. The molecule has 0 bridgehead atoms. The van der Waals surface area contributed by atoms with E-state index in [-0.39, 0.29) is 0 Å². The molecule has 26 heavy (non-hydrogen) atoms. The lowest BCUT2D eigenvalue weighted by molar-refractivity contribution is 0.686. The maximum Gasteiger partial charge on any atom is 0.191 e. The smallest absolute Gasteiger partial charge is 0.191 e. The number of nitrogens with zero attached hydrogens (tertiary/aromatic N) is 3. The molecule has 3 aromatic rings. The van der Waals surface area contributed by atoms with Crippen LogP contribution >= 0.6 is 11.3 Å². The van der Waals surface area contributed by atoms with Gasteiger partial charge in [-0.1, -0.05) is 30.3 Å². The molecular formula is C20H25N5S. The molecule has 136 valence electrons. The van der Waals surface area contributed by atoms with Crippen molar-refractivity contribution in [3.63, 3.8) is 0 Å². The van der Waals surface area contributed by atoms with Crippen molar-refractivity contribution in [2.75, 3.05) is 13.1 Å². The van der Waals surface area contributed by atoms with E-state index >= 15 is 0 Å². The number of nitrogens with one attached hydrogen (secondary N) is 2. The Balaban J connectivity index is 1.56. The van der Waals surface area contributed by atoms with Gasteiger partial charge in [-0.25, -0.2) is 4.99 Å². The number of aromatic nitrogens is 2. The Morgan fingerprint density at radius 1 is 1.15 bits per heavy atom. The van der Waals surface area contributed by atoms with Gasteiger partial charge in [-0.05, 0) is 42.0 Å². The zero-order valence-corrected chi connectivity index (χ0v) is 15.9. The predicted molar refractivity (Wildman–Crippen MR) is 109 cm³/mol. The predicted octanol–water partition coefficient (Wildman–Crippen LogP) is 3.29. The van der Waals surface area contributed by atoms with Crippen LogP contribution in [0.4, 0.5) is 0 Å². The van der Waals surface area contributed by atoms with Crippen LogP contribution in [0.25, 0.3) is 0 Å². The summed E-state index contributed by atoms with van der Waals surface area (Å²) in [4.78, 5) is 6.10. The molecule has 0 amide bonds. The van der Waals surface area contributed by atoms with Gasteiger partial charge in [0, 0.05) is 30.4 Å². The molecule has 0 aliphatic heterocycles. The van der Waals surface area contributed by atoms with Gasteiger partial charge in [0.05, 0.1) is 13.1 Å². The molecule has 3 rings (SSSR count). The van der Waals surface area contributed by atoms with E-state index in [9.17, 15) is 0 Å². The molecule has 2 N–H and O–H groups in total. The molecule has 1 aromatic carbocycles. The highest BCUT2D eigenvalue weighted by molar-refractivity contribution is 7.09. The first kappa shape index (κ1) is 18.2. The Kier molecular flexibility index (Phi) is 6.84. The molecule has 0 aliphatic carbocycles. The van der Waals surface area contributed by atoms with Crippen molar-refractivity contribution in [3.05, 3.63) is 76.2 Å². The molecule has 6 heteroatoms. The summed E-state index contributed by atoms with van der Waals surface area (Å²) in [7, 11) is 0. The zero-order valence-electron chi connectivity index (χ0n) is 15.1.